The summed E-state index contributed by atoms with van der Waals surface area (Å²) in [6, 6.07) is 10.8. The molecule has 0 saturated heterocycles. The number of thiophene rings is 12. The monoisotopic (exact) mass is 1250 g/mol. The molecule has 0 spiro atoms. The molecule has 0 N–H and O–H groups in total. The zero-order valence-corrected chi connectivity index (χ0v) is 56.7. The van der Waals surface area contributed by atoms with E-state index in [-0.39, 0.29) is 30.8 Å². The fourth-order valence-corrected chi connectivity index (χ4v) is 18.8. The van der Waals surface area contributed by atoms with Gasteiger partial charge in [-0.25, -0.2) is 0 Å². The van der Waals surface area contributed by atoms with Crippen LogP contribution in [0, 0.1) is 93.1 Å². The number of hydrogen-bond acceptors (Lipinski definition) is 12. The predicted molar refractivity (Wildman–Crippen MR) is 349 cm³/mol. The van der Waals surface area contributed by atoms with Gasteiger partial charge in [0.15, 0.2) is 30.8 Å². The van der Waals surface area contributed by atoms with Gasteiger partial charge in [0.1, 0.15) is 0 Å². The first-order chi connectivity index (χ1) is 35.9. The van der Waals surface area contributed by atoms with E-state index in [0.29, 0.717) is 0 Å². The summed E-state index contributed by atoms with van der Waals surface area (Å²) in [5, 5.41) is 5.78. The molecular weight excluding hydrogens is 1180 g/mol. The van der Waals surface area contributed by atoms with Crippen LogP contribution in [0.5, 0.6) is 0 Å². The molecule has 0 aliphatic heterocycles. The average molecular weight is 1260 g/mol. The molecule has 414 valence electrons. The highest BCUT2D eigenvalue weighted by Crippen LogP contribution is 2.39. The average Bonchev–Trinajstić information content (AvgIpc) is 4.30. The Balaban J connectivity index is 0.000000432. The van der Waals surface area contributed by atoms with Gasteiger partial charge in [0.05, 0.1) is 28.2 Å². The van der Waals surface area contributed by atoms with E-state index < -0.39 is 0 Å². The van der Waals surface area contributed by atoms with Crippen LogP contribution in [0.3, 0.4) is 0 Å². The summed E-state index contributed by atoms with van der Waals surface area (Å²) in [4.78, 5) is 3.81. The summed E-state index contributed by atoms with van der Waals surface area (Å²) in [5.74, 6) is 0. The zero-order valence-electron chi connectivity index (χ0n) is 46.9. The number of fused-ring (bicyclic) bond motifs is 6. The lowest BCUT2D eigenvalue weighted by Gasteiger charge is -1.84. The van der Waals surface area contributed by atoms with Gasteiger partial charge >= 0.3 is 0 Å². The van der Waals surface area contributed by atoms with E-state index in [4.69, 9.17) is 0 Å². The van der Waals surface area contributed by atoms with Crippen LogP contribution in [-0.4, -0.2) is 0 Å². The molecule has 0 aliphatic rings. The van der Waals surface area contributed by atoms with E-state index in [1.54, 1.807) is 86.2 Å². The van der Waals surface area contributed by atoms with Crippen molar-refractivity contribution in [3.05, 3.63) is 131 Å². The van der Waals surface area contributed by atoms with Crippen LogP contribution in [0.1, 0.15) is 131 Å². The van der Waals surface area contributed by atoms with E-state index in [0.717, 1.165) is 73.1 Å². The fraction of sp³-hybridized carbons (Fsp3) is 0.368. The highest BCUT2D eigenvalue weighted by molar-refractivity contribution is 7.29. The van der Waals surface area contributed by atoms with Gasteiger partial charge in [-0.15, -0.1) is 136 Å². The minimum absolute atomic E-state index is 0.0325. The minimum atomic E-state index is -0.0822. The van der Waals surface area contributed by atoms with Crippen LogP contribution in [-0.2, 0) is 0 Å². The molecule has 0 nitrogen and oxygen atoms in total. The first kappa shape index (κ1) is 70.6. The molecule has 0 bridgehead atoms. The molecule has 12 aromatic rings. The van der Waals surface area contributed by atoms with Gasteiger partial charge in [0, 0.05) is 77.7 Å². The summed E-state index contributed by atoms with van der Waals surface area (Å²) >= 11 is 17.2. The molecule has 0 fully saturated rings. The Labute approximate surface area is 490 Å². The largest absolute Gasteiger partial charge is 0.195 e. The van der Waals surface area contributed by atoms with Crippen molar-refractivity contribution in [3.63, 3.8) is 0 Å². The van der Waals surface area contributed by atoms with Crippen molar-refractivity contribution in [2.75, 3.05) is 0 Å². The van der Waals surface area contributed by atoms with Crippen LogP contribution in [0.25, 0.3) is 56.4 Å². The van der Waals surface area contributed by atoms with Crippen LogP contribution in [0.4, 0.5) is 26.3 Å². The van der Waals surface area contributed by atoms with Gasteiger partial charge in [-0.05, 0) is 113 Å². The first-order valence-corrected chi connectivity index (χ1v) is 34.7. The zero-order chi connectivity index (χ0) is 57.4. The van der Waals surface area contributed by atoms with Crippen LogP contribution >= 0.6 is 136 Å². The van der Waals surface area contributed by atoms with Gasteiger partial charge in [0.25, 0.3) is 0 Å². The van der Waals surface area contributed by atoms with Crippen molar-refractivity contribution in [2.24, 2.45) is 0 Å². The lowest BCUT2D eigenvalue weighted by atomic mass is 10.3. The second kappa shape index (κ2) is 35.9. The Kier molecular flexibility index (Phi) is 33.8. The van der Waals surface area contributed by atoms with Crippen LogP contribution < -0.4 is 0 Å². The Bertz CT molecular complexity index is 3300. The maximum Gasteiger partial charge on any atom is 0.181 e. The summed E-state index contributed by atoms with van der Waals surface area (Å²) < 4.78 is 89.6. The van der Waals surface area contributed by atoms with E-state index in [2.05, 4.69) is 24.6 Å². The lowest BCUT2D eigenvalue weighted by molar-refractivity contribution is 0.650. The molecule has 18 heteroatoms. The van der Waals surface area contributed by atoms with Gasteiger partial charge in [-0.1, -0.05) is 83.1 Å². The summed E-state index contributed by atoms with van der Waals surface area (Å²) in [6.45, 7) is 41.7. The Morgan fingerprint density at radius 1 is 0.293 bits per heavy atom. The second-order valence-electron chi connectivity index (χ2n) is 14.1. The maximum absolute atomic E-state index is 13.0. The summed E-state index contributed by atoms with van der Waals surface area (Å²) in [7, 11) is 0. The summed E-state index contributed by atoms with van der Waals surface area (Å²) in [5.41, 5.74) is 6.04. The first-order valence-electron chi connectivity index (χ1n) is 24.7. The van der Waals surface area contributed by atoms with Crippen LogP contribution in [0.2, 0.25) is 0 Å². The molecule has 0 amide bonds. The number of rotatable bonds is 0. The highest BCUT2D eigenvalue weighted by atomic mass is 32.1. The molecule has 0 unspecified atom stereocenters. The van der Waals surface area contributed by atoms with Crippen molar-refractivity contribution in [3.8, 4) is 0 Å². The quantitative estimate of drug-likeness (QED) is 0.133. The molecule has 0 radical (unpaired) electrons. The number of halogens is 6. The minimum Gasteiger partial charge on any atom is -0.195 e. The topological polar surface area (TPSA) is 0 Å². The van der Waals surface area contributed by atoms with Crippen molar-refractivity contribution < 1.29 is 26.3 Å². The van der Waals surface area contributed by atoms with Crippen LogP contribution in [0.15, 0.2) is 52.5 Å². The second-order valence-corrected chi connectivity index (χ2v) is 26.6. The normalized spacial score (nSPS) is 9.80. The van der Waals surface area contributed by atoms with E-state index >= 15 is 0 Å². The fourth-order valence-electron chi connectivity index (χ4n) is 6.00. The molecule has 75 heavy (non-hydrogen) atoms. The third kappa shape index (κ3) is 19.4. The molecular formula is C57H72F6S12. The molecule has 0 atom stereocenters. The van der Waals surface area contributed by atoms with Crippen molar-refractivity contribution in [2.45, 2.75) is 145 Å². The molecule has 0 aromatic carbocycles. The van der Waals surface area contributed by atoms with Crippen molar-refractivity contribution in [1.82, 2.24) is 0 Å². The Morgan fingerprint density at radius 2 is 0.707 bits per heavy atom. The molecule has 12 aromatic heterocycles. The smallest absolute Gasteiger partial charge is 0.181 e. The third-order valence-electron chi connectivity index (χ3n) is 9.35. The Morgan fingerprint density at radius 3 is 1.24 bits per heavy atom. The number of aryl methyl sites for hydroxylation is 9. The highest BCUT2D eigenvalue weighted by Gasteiger charge is 2.12. The molecule has 12 rings (SSSR count). The van der Waals surface area contributed by atoms with Gasteiger partial charge < -0.3 is 0 Å². The molecule has 0 aliphatic carbocycles. The standard InChI is InChI=1S/3C8H7FS2.3C7H5FS2.6C2H6/c1-4-5(2)10-6-3-7(9)11-8(4)6;1-4-3-10-7-5(2)8(9)11-6(4)7;1-4-3-6-7(10-4)5(2)8(9)11-6;1-4-3-9-5-2-6(8)10-7(4)5;1-4-2-5-6(9-4)3-7(8)10-5;1-4-6-5(2-3-9-6)10-7(4)8;6*1-2/h3*3H,1-2H3;3*2-3H,1H3;6*1-2H3. The van der Waals surface area contributed by atoms with Crippen molar-refractivity contribution in [1.29, 1.82) is 0 Å². The Hall–Kier alpha value is -2.46. The van der Waals surface area contributed by atoms with Gasteiger partial charge in [0.2, 0.25) is 0 Å². The lowest BCUT2D eigenvalue weighted by Crippen LogP contribution is -1.65. The maximum atomic E-state index is 13.0. The third-order valence-corrected chi connectivity index (χ3v) is 23.0. The summed E-state index contributed by atoms with van der Waals surface area (Å²) in [6.07, 6.45) is 0. The van der Waals surface area contributed by atoms with E-state index in [1.807, 2.05) is 155 Å². The predicted octanol–water partition coefficient (Wildman–Crippen LogP) is 27.5. The molecule has 12 heterocycles. The van der Waals surface area contributed by atoms with E-state index in [1.165, 1.54) is 99.3 Å². The van der Waals surface area contributed by atoms with Gasteiger partial charge in [-0.2, -0.15) is 26.3 Å². The number of hydrogen-bond donors (Lipinski definition) is 0. The SMILES string of the molecule is CC.CC.CC.CC.CC.CC.Cc1c(F)sc2ccsc12.Cc1cc2sc(F)c(C)c2s1.Cc1cc2sc(F)cc2s1.Cc1csc2c(C)c(F)sc12.Cc1csc2cc(F)sc12.Cc1sc2cc(F)sc2c1C. The van der Waals surface area contributed by atoms with Gasteiger partial charge in [-0.3, -0.25) is 0 Å². The molecule has 0 saturated carbocycles. The van der Waals surface area contributed by atoms with Crippen molar-refractivity contribution >= 4 is 192 Å². The van der Waals surface area contributed by atoms with E-state index in [9.17, 15) is 26.3 Å².